The van der Waals surface area contributed by atoms with E-state index in [1.165, 1.54) is 0 Å². The minimum Gasteiger partial charge on any atom is -0.497 e. The average Bonchev–Trinajstić information content (AvgIpc) is 2.98. The van der Waals surface area contributed by atoms with Crippen LogP contribution in [0.2, 0.25) is 0 Å². The number of nitrogens with one attached hydrogen (secondary N) is 1. The molecule has 198 valence electrons. The number of amides is 2. The van der Waals surface area contributed by atoms with Crippen molar-refractivity contribution in [2.45, 2.75) is 25.5 Å². The monoisotopic (exact) mass is 525 g/mol. The molecule has 2 aliphatic rings. The fraction of sp³-hybridized carbons (Fsp3) is 0.267. The molecule has 2 heterocycles. The molecule has 0 spiro atoms. The Morgan fingerprint density at radius 1 is 1.03 bits per heavy atom. The highest BCUT2D eigenvalue weighted by Gasteiger charge is 2.40. The van der Waals surface area contributed by atoms with Crippen molar-refractivity contribution in [3.8, 4) is 23.3 Å². The van der Waals surface area contributed by atoms with Crippen LogP contribution in [-0.2, 0) is 22.6 Å². The number of ether oxygens (including phenoxy) is 4. The minimum atomic E-state index is -0.866. The zero-order valence-electron chi connectivity index (χ0n) is 21.4. The van der Waals surface area contributed by atoms with E-state index in [2.05, 4.69) is 16.4 Å². The van der Waals surface area contributed by atoms with Crippen LogP contribution in [0.5, 0.6) is 17.2 Å². The maximum Gasteiger partial charge on any atom is 0.341 e. The van der Waals surface area contributed by atoms with Gasteiger partial charge in [-0.15, -0.1) is 0 Å². The van der Waals surface area contributed by atoms with E-state index < -0.39 is 24.0 Å². The molecule has 2 amide bonds. The number of rotatable bonds is 8. The highest BCUT2D eigenvalue weighted by Crippen LogP contribution is 2.37. The van der Waals surface area contributed by atoms with Gasteiger partial charge >= 0.3 is 12.0 Å². The number of benzene rings is 3. The molecule has 9 nitrogen and oxygen atoms in total. The maximum atomic E-state index is 13.6. The van der Waals surface area contributed by atoms with Crippen LogP contribution >= 0.6 is 0 Å². The summed E-state index contributed by atoms with van der Waals surface area (Å²) in [5.41, 5.74) is 3.25. The lowest BCUT2D eigenvalue weighted by molar-refractivity contribution is -0.148. The number of fused-ring (bicyclic) bond motifs is 1. The van der Waals surface area contributed by atoms with Crippen molar-refractivity contribution >= 4 is 17.7 Å². The number of aryl methyl sites for hydroxylation is 1. The molecule has 39 heavy (non-hydrogen) atoms. The number of carbonyl (C=O) groups is 2. The summed E-state index contributed by atoms with van der Waals surface area (Å²) in [6.07, 6.45) is 0.913. The third-order valence-electron chi connectivity index (χ3n) is 6.64. The van der Waals surface area contributed by atoms with Gasteiger partial charge in [0, 0.05) is 5.71 Å². The smallest absolute Gasteiger partial charge is 0.341 e. The maximum absolute atomic E-state index is 13.6. The second-order valence-corrected chi connectivity index (χ2v) is 9.18. The number of hydrogen-bond acceptors (Lipinski definition) is 7. The Morgan fingerprint density at radius 2 is 1.82 bits per heavy atom. The van der Waals surface area contributed by atoms with Crippen LogP contribution in [0.3, 0.4) is 0 Å². The van der Waals surface area contributed by atoms with Gasteiger partial charge in [0.15, 0.2) is 11.5 Å². The van der Waals surface area contributed by atoms with Crippen molar-refractivity contribution in [1.82, 2.24) is 5.32 Å². The molecule has 9 heteroatoms. The van der Waals surface area contributed by atoms with Crippen molar-refractivity contribution in [2.75, 3.05) is 20.3 Å². The van der Waals surface area contributed by atoms with Gasteiger partial charge in [0.05, 0.1) is 24.8 Å². The Hall–Kier alpha value is -4.84. The van der Waals surface area contributed by atoms with Gasteiger partial charge in [0.25, 0.3) is 0 Å². The summed E-state index contributed by atoms with van der Waals surface area (Å²) >= 11 is 0. The highest BCUT2D eigenvalue weighted by molar-refractivity contribution is 6.09. The van der Waals surface area contributed by atoms with Crippen molar-refractivity contribution in [3.05, 3.63) is 89.0 Å². The molecule has 0 aromatic heterocycles. The van der Waals surface area contributed by atoms with Crippen molar-refractivity contribution in [1.29, 1.82) is 5.26 Å². The predicted octanol–water partition coefficient (Wildman–Crippen LogP) is 4.54. The third-order valence-corrected chi connectivity index (χ3v) is 6.64. The van der Waals surface area contributed by atoms with E-state index in [1.807, 2.05) is 24.3 Å². The number of urea groups is 1. The van der Waals surface area contributed by atoms with E-state index in [1.54, 1.807) is 49.6 Å². The summed E-state index contributed by atoms with van der Waals surface area (Å²) in [7, 11) is 1.60. The lowest BCUT2D eigenvalue weighted by Gasteiger charge is -2.32. The normalized spacial score (nSPS) is 17.8. The Balaban J connectivity index is 1.43. The summed E-state index contributed by atoms with van der Waals surface area (Å²) in [4.78, 5) is 30.6. The molecule has 2 atom stereocenters. The Kier molecular flexibility index (Phi) is 7.73. The summed E-state index contributed by atoms with van der Waals surface area (Å²) < 4.78 is 22.4. The standard InChI is InChI=1S/C30H27N3O6/c1-36-23-7-3-4-19(15-23)8-10-24-27(29(34)39-18-21-6-2-5-20(14-21)17-31)28(33-30(35)32-24)22-9-11-25-26(16-22)38-13-12-37-25/h2-7,9,11,14-16,27-28H,8,10,12-13,18H2,1H3,(H,33,35). The summed E-state index contributed by atoms with van der Waals surface area (Å²) in [5, 5.41) is 12.0. The van der Waals surface area contributed by atoms with E-state index in [-0.39, 0.29) is 6.61 Å². The summed E-state index contributed by atoms with van der Waals surface area (Å²) in [6.45, 7) is 0.847. The molecular weight excluding hydrogens is 498 g/mol. The first-order valence-electron chi connectivity index (χ1n) is 12.6. The summed E-state index contributed by atoms with van der Waals surface area (Å²) in [6, 6.07) is 20.7. The van der Waals surface area contributed by atoms with Crippen LogP contribution in [-0.4, -0.2) is 38.0 Å². The lowest BCUT2D eigenvalue weighted by atomic mass is 9.85. The van der Waals surface area contributed by atoms with Crippen LogP contribution in [0.25, 0.3) is 0 Å². The molecular formula is C30H27N3O6. The van der Waals surface area contributed by atoms with Gasteiger partial charge in [-0.25, -0.2) is 9.79 Å². The Labute approximate surface area is 226 Å². The Bertz CT molecular complexity index is 1460. The first kappa shape index (κ1) is 25.8. The first-order valence-corrected chi connectivity index (χ1v) is 12.6. The molecule has 0 saturated heterocycles. The summed E-state index contributed by atoms with van der Waals surface area (Å²) in [5.74, 6) is 0.488. The lowest BCUT2D eigenvalue weighted by Crippen LogP contribution is -2.45. The molecule has 0 bridgehead atoms. The molecule has 1 N–H and O–H groups in total. The van der Waals surface area contributed by atoms with E-state index in [4.69, 9.17) is 18.9 Å². The molecule has 0 aliphatic carbocycles. The van der Waals surface area contributed by atoms with Crippen molar-refractivity contribution in [2.24, 2.45) is 10.9 Å². The van der Waals surface area contributed by atoms with Gasteiger partial charge in [-0.3, -0.25) is 4.79 Å². The SMILES string of the molecule is COc1cccc(CCC2=NC(=O)NC(c3ccc4c(c3)OCCO4)C2C(=O)OCc2cccc(C#N)c2)c1. The molecule has 0 radical (unpaired) electrons. The number of nitriles is 1. The zero-order valence-corrected chi connectivity index (χ0v) is 21.4. The van der Waals surface area contributed by atoms with E-state index in [0.29, 0.717) is 60.0 Å². The third kappa shape index (κ3) is 6.02. The molecule has 0 saturated carbocycles. The largest absolute Gasteiger partial charge is 0.497 e. The fourth-order valence-corrected chi connectivity index (χ4v) is 4.73. The highest BCUT2D eigenvalue weighted by atomic mass is 16.6. The molecule has 2 aliphatic heterocycles. The zero-order chi connectivity index (χ0) is 27.2. The number of methoxy groups -OCH3 is 1. The van der Waals surface area contributed by atoms with Crippen molar-refractivity contribution < 1.29 is 28.5 Å². The quantitative estimate of drug-likeness (QED) is 0.429. The van der Waals surface area contributed by atoms with Gasteiger partial charge in [0.1, 0.15) is 31.5 Å². The van der Waals surface area contributed by atoms with E-state index >= 15 is 0 Å². The average molecular weight is 526 g/mol. The minimum absolute atomic E-state index is 0.0180. The number of nitrogens with zero attached hydrogens (tertiary/aromatic N) is 2. The van der Waals surface area contributed by atoms with Gasteiger partial charge in [-0.2, -0.15) is 5.26 Å². The van der Waals surface area contributed by atoms with E-state index in [9.17, 15) is 14.9 Å². The molecule has 3 aromatic rings. The Morgan fingerprint density at radius 3 is 2.64 bits per heavy atom. The predicted molar refractivity (Wildman–Crippen MR) is 142 cm³/mol. The molecule has 0 fully saturated rings. The number of esters is 1. The van der Waals surface area contributed by atoms with Gasteiger partial charge in [0.2, 0.25) is 0 Å². The van der Waals surface area contributed by atoms with Crippen LogP contribution in [0.15, 0.2) is 71.7 Å². The van der Waals surface area contributed by atoms with Crippen LogP contribution < -0.4 is 19.5 Å². The molecule has 2 unspecified atom stereocenters. The van der Waals surface area contributed by atoms with Crippen molar-refractivity contribution in [3.63, 3.8) is 0 Å². The molecule has 3 aromatic carbocycles. The second-order valence-electron chi connectivity index (χ2n) is 9.18. The number of hydrogen-bond donors (Lipinski definition) is 1. The number of aliphatic imine (C=N–C) groups is 1. The first-order chi connectivity index (χ1) is 19.0. The van der Waals surface area contributed by atoms with Gasteiger partial charge < -0.3 is 24.3 Å². The van der Waals surface area contributed by atoms with Crippen LogP contribution in [0.4, 0.5) is 4.79 Å². The fourth-order valence-electron chi connectivity index (χ4n) is 4.73. The molecule has 5 rings (SSSR count). The number of carbonyl (C=O) groups excluding carboxylic acids is 2. The topological polar surface area (TPSA) is 119 Å². The van der Waals surface area contributed by atoms with E-state index in [0.717, 1.165) is 11.3 Å². The van der Waals surface area contributed by atoms with Crippen LogP contribution in [0.1, 0.15) is 34.7 Å². The van der Waals surface area contributed by atoms with Gasteiger partial charge in [-0.1, -0.05) is 30.3 Å². The van der Waals surface area contributed by atoms with Gasteiger partial charge in [-0.05, 0) is 65.9 Å². The second kappa shape index (κ2) is 11.7. The van der Waals surface area contributed by atoms with Crippen LogP contribution in [0, 0.1) is 17.2 Å².